The Labute approximate surface area is 149 Å². The smallest absolute Gasteiger partial charge is 0.267 e. The summed E-state index contributed by atoms with van der Waals surface area (Å²) in [5, 5.41) is 14.9. The Hall–Kier alpha value is -2.52. The van der Waals surface area contributed by atoms with Gasteiger partial charge >= 0.3 is 0 Å². The highest BCUT2D eigenvalue weighted by molar-refractivity contribution is 6.07. The minimum absolute atomic E-state index is 0.00969. The van der Waals surface area contributed by atoms with Gasteiger partial charge in [0.15, 0.2) is 0 Å². The predicted octanol–water partition coefficient (Wildman–Crippen LogP) is 3.15. The number of unbranched alkanes of at least 4 members (excludes halogenated alkanes) is 1. The molecule has 2 N–H and O–H groups in total. The van der Waals surface area contributed by atoms with Gasteiger partial charge in [0.25, 0.3) is 5.91 Å². The van der Waals surface area contributed by atoms with Gasteiger partial charge in [-0.05, 0) is 37.5 Å². The SMILES string of the molecule is CCCCOCCCN/C=C(/C#N)C(=O)Nc1cc(C)ccc1OC. The van der Waals surface area contributed by atoms with Gasteiger partial charge in [0.05, 0.1) is 12.8 Å². The number of methoxy groups -OCH3 is 1. The fourth-order valence-corrected chi connectivity index (χ4v) is 2.06. The van der Waals surface area contributed by atoms with E-state index in [1.54, 1.807) is 12.1 Å². The van der Waals surface area contributed by atoms with Crippen LogP contribution in [0, 0.1) is 18.3 Å². The van der Waals surface area contributed by atoms with Gasteiger partial charge in [0.2, 0.25) is 0 Å². The van der Waals surface area contributed by atoms with Gasteiger partial charge in [-0.3, -0.25) is 4.79 Å². The maximum absolute atomic E-state index is 12.2. The molecular weight excluding hydrogens is 318 g/mol. The zero-order valence-electron chi connectivity index (χ0n) is 15.2. The first-order chi connectivity index (χ1) is 12.1. The van der Waals surface area contributed by atoms with E-state index >= 15 is 0 Å². The van der Waals surface area contributed by atoms with Crippen LogP contribution in [0.1, 0.15) is 31.7 Å². The minimum atomic E-state index is -0.474. The van der Waals surface area contributed by atoms with E-state index < -0.39 is 5.91 Å². The monoisotopic (exact) mass is 345 g/mol. The van der Waals surface area contributed by atoms with Crippen LogP contribution >= 0.6 is 0 Å². The van der Waals surface area contributed by atoms with Gasteiger partial charge in [-0.25, -0.2) is 0 Å². The molecule has 6 heteroatoms. The van der Waals surface area contributed by atoms with E-state index in [9.17, 15) is 10.1 Å². The molecule has 1 amide bonds. The summed E-state index contributed by atoms with van der Waals surface area (Å²) in [6.07, 6.45) is 4.43. The van der Waals surface area contributed by atoms with Crippen LogP contribution in [0.5, 0.6) is 5.75 Å². The first kappa shape index (κ1) is 20.5. The molecule has 0 saturated carbocycles. The molecule has 1 aromatic carbocycles. The summed E-state index contributed by atoms with van der Waals surface area (Å²) in [5.74, 6) is 0.0755. The molecule has 1 rings (SSSR count). The standard InChI is InChI=1S/C19H27N3O3/c1-4-5-10-25-11-6-9-21-14-16(13-20)19(23)22-17-12-15(2)7-8-18(17)24-3/h7-8,12,14,21H,4-6,9-11H2,1-3H3,(H,22,23)/b16-14-. The lowest BCUT2D eigenvalue weighted by Crippen LogP contribution is -2.18. The fraction of sp³-hybridized carbons (Fsp3) is 0.474. The molecule has 136 valence electrons. The van der Waals surface area contributed by atoms with Crippen molar-refractivity contribution in [3.63, 3.8) is 0 Å². The van der Waals surface area contributed by atoms with Crippen LogP contribution in [0.4, 0.5) is 5.69 Å². The van der Waals surface area contributed by atoms with Gasteiger partial charge in [0.1, 0.15) is 17.4 Å². The molecule has 0 aliphatic carbocycles. The van der Waals surface area contributed by atoms with Gasteiger partial charge in [-0.15, -0.1) is 0 Å². The number of amides is 1. The van der Waals surface area contributed by atoms with Crippen LogP contribution in [-0.2, 0) is 9.53 Å². The maximum atomic E-state index is 12.2. The minimum Gasteiger partial charge on any atom is -0.495 e. The molecule has 0 aliphatic heterocycles. The van der Waals surface area contributed by atoms with Crippen molar-refractivity contribution in [1.29, 1.82) is 5.26 Å². The molecule has 0 heterocycles. The molecule has 0 aromatic heterocycles. The van der Waals surface area contributed by atoms with Crippen LogP contribution in [-0.4, -0.2) is 32.8 Å². The van der Waals surface area contributed by atoms with Gasteiger partial charge in [-0.2, -0.15) is 5.26 Å². The zero-order valence-corrected chi connectivity index (χ0v) is 15.2. The van der Waals surface area contributed by atoms with Crippen molar-refractivity contribution in [3.8, 4) is 11.8 Å². The van der Waals surface area contributed by atoms with Crippen LogP contribution < -0.4 is 15.4 Å². The van der Waals surface area contributed by atoms with Crippen LogP contribution in [0.15, 0.2) is 30.0 Å². The highest BCUT2D eigenvalue weighted by atomic mass is 16.5. The number of carbonyl (C=O) groups is 1. The Bertz CT molecular complexity index is 621. The van der Waals surface area contributed by atoms with Crippen molar-refractivity contribution in [2.24, 2.45) is 0 Å². The third kappa shape index (κ3) is 7.73. The second kappa shape index (κ2) is 11.9. The van der Waals surface area contributed by atoms with Crippen LogP contribution in [0.2, 0.25) is 0 Å². The predicted molar refractivity (Wildman–Crippen MR) is 98.4 cm³/mol. The second-order valence-corrected chi connectivity index (χ2v) is 5.60. The Kier molecular flexibility index (Phi) is 9.79. The van der Waals surface area contributed by atoms with Crippen molar-refractivity contribution in [1.82, 2.24) is 5.32 Å². The lowest BCUT2D eigenvalue weighted by molar-refractivity contribution is -0.112. The number of ether oxygens (including phenoxy) is 2. The Morgan fingerprint density at radius 2 is 2.08 bits per heavy atom. The summed E-state index contributed by atoms with van der Waals surface area (Å²) < 4.78 is 10.7. The number of anilines is 1. The molecule has 0 spiro atoms. The lowest BCUT2D eigenvalue weighted by Gasteiger charge is -2.10. The summed E-state index contributed by atoms with van der Waals surface area (Å²) in [7, 11) is 1.53. The second-order valence-electron chi connectivity index (χ2n) is 5.60. The Morgan fingerprint density at radius 3 is 2.76 bits per heavy atom. The van der Waals surface area contributed by atoms with E-state index in [1.807, 2.05) is 19.1 Å². The third-order valence-electron chi connectivity index (χ3n) is 3.47. The van der Waals surface area contributed by atoms with Crippen molar-refractivity contribution in [3.05, 3.63) is 35.5 Å². The first-order valence-corrected chi connectivity index (χ1v) is 8.49. The number of nitriles is 1. The quantitative estimate of drug-likeness (QED) is 0.366. The average molecular weight is 345 g/mol. The molecule has 0 bridgehead atoms. The van der Waals surface area contributed by atoms with Gasteiger partial charge < -0.3 is 20.1 Å². The Morgan fingerprint density at radius 1 is 1.32 bits per heavy atom. The van der Waals surface area contributed by atoms with E-state index in [0.29, 0.717) is 24.6 Å². The topological polar surface area (TPSA) is 83.4 Å². The highest BCUT2D eigenvalue weighted by Crippen LogP contribution is 2.25. The third-order valence-corrected chi connectivity index (χ3v) is 3.47. The number of nitrogens with one attached hydrogen (secondary N) is 2. The van der Waals surface area contributed by atoms with Crippen molar-refractivity contribution in [2.75, 3.05) is 32.2 Å². The molecule has 6 nitrogen and oxygen atoms in total. The summed E-state index contributed by atoms with van der Waals surface area (Å²) in [6, 6.07) is 7.37. The lowest BCUT2D eigenvalue weighted by atomic mass is 10.2. The number of hydrogen-bond acceptors (Lipinski definition) is 5. The number of hydrogen-bond donors (Lipinski definition) is 2. The molecule has 1 aromatic rings. The van der Waals surface area contributed by atoms with E-state index in [1.165, 1.54) is 13.3 Å². The molecule has 0 aliphatic rings. The normalized spacial score (nSPS) is 10.9. The zero-order chi connectivity index (χ0) is 18.5. The summed E-state index contributed by atoms with van der Waals surface area (Å²) in [5.41, 5.74) is 1.54. The van der Waals surface area contributed by atoms with Crippen molar-refractivity contribution in [2.45, 2.75) is 33.1 Å². The molecule has 25 heavy (non-hydrogen) atoms. The van der Waals surface area contributed by atoms with Crippen molar-refractivity contribution >= 4 is 11.6 Å². The average Bonchev–Trinajstić information content (AvgIpc) is 2.60. The summed E-state index contributed by atoms with van der Waals surface area (Å²) >= 11 is 0. The molecule has 0 radical (unpaired) electrons. The Balaban J connectivity index is 2.49. The number of carbonyl (C=O) groups excluding carboxylic acids is 1. The summed E-state index contributed by atoms with van der Waals surface area (Å²) in [4.78, 5) is 12.2. The van der Waals surface area contributed by atoms with Crippen LogP contribution in [0.25, 0.3) is 0 Å². The van der Waals surface area contributed by atoms with Crippen molar-refractivity contribution < 1.29 is 14.3 Å². The van der Waals surface area contributed by atoms with Gasteiger partial charge in [-0.1, -0.05) is 19.4 Å². The van der Waals surface area contributed by atoms with Gasteiger partial charge in [0, 0.05) is 26.0 Å². The van der Waals surface area contributed by atoms with E-state index in [2.05, 4.69) is 17.6 Å². The molecule has 0 atom stereocenters. The summed E-state index contributed by atoms with van der Waals surface area (Å²) in [6.45, 7) is 6.11. The number of rotatable bonds is 11. The van der Waals surface area contributed by atoms with E-state index in [0.717, 1.165) is 31.4 Å². The first-order valence-electron chi connectivity index (χ1n) is 8.49. The largest absolute Gasteiger partial charge is 0.495 e. The molecule has 0 unspecified atom stereocenters. The maximum Gasteiger partial charge on any atom is 0.267 e. The number of aryl methyl sites for hydroxylation is 1. The highest BCUT2D eigenvalue weighted by Gasteiger charge is 2.12. The number of benzene rings is 1. The fourth-order valence-electron chi connectivity index (χ4n) is 2.06. The number of nitrogens with zero attached hydrogens (tertiary/aromatic N) is 1. The van der Waals surface area contributed by atoms with E-state index in [4.69, 9.17) is 9.47 Å². The van der Waals surface area contributed by atoms with E-state index in [-0.39, 0.29) is 5.57 Å². The molecule has 0 saturated heterocycles. The molecule has 0 fully saturated rings. The van der Waals surface area contributed by atoms with Crippen LogP contribution in [0.3, 0.4) is 0 Å². The molecular formula is C19H27N3O3.